The van der Waals surface area contributed by atoms with Crippen LogP contribution >= 0.6 is 0 Å². The van der Waals surface area contributed by atoms with Crippen LogP contribution in [0.25, 0.3) is 16.7 Å². The third-order valence-corrected chi connectivity index (χ3v) is 9.76. The zero-order valence-electron chi connectivity index (χ0n) is 24.1. The van der Waals surface area contributed by atoms with E-state index in [1.54, 1.807) is 0 Å². The number of fused-ring (bicyclic) bond motifs is 5. The fourth-order valence-electron chi connectivity index (χ4n) is 7.75. The summed E-state index contributed by atoms with van der Waals surface area (Å²) in [5.41, 5.74) is 15.4. The van der Waals surface area contributed by atoms with Crippen LogP contribution in [-0.2, 0) is 0 Å². The molecule has 3 aromatic rings. The lowest BCUT2D eigenvalue weighted by atomic mass is 9.83. The number of nitrogens with one attached hydrogen (secondary N) is 2. The van der Waals surface area contributed by atoms with Gasteiger partial charge in [-0.2, -0.15) is 0 Å². The number of hydrogen-bond acceptors (Lipinski definition) is 4. The molecule has 1 saturated heterocycles. The summed E-state index contributed by atoms with van der Waals surface area (Å²) in [6.07, 6.45) is 19.3. The molecular weight excluding hydrogens is 524 g/mol. The Kier molecular flexibility index (Phi) is 5.68. The van der Waals surface area contributed by atoms with E-state index in [4.69, 9.17) is 4.99 Å². The third-order valence-electron chi connectivity index (χ3n) is 9.76. The molecule has 3 atom stereocenters. The van der Waals surface area contributed by atoms with Crippen molar-refractivity contribution in [2.45, 2.75) is 44.3 Å². The maximum absolute atomic E-state index is 5.27. The lowest BCUT2D eigenvalue weighted by Gasteiger charge is -2.35. The lowest BCUT2D eigenvalue weighted by Crippen LogP contribution is -2.45. The van der Waals surface area contributed by atoms with Crippen molar-refractivity contribution in [3.8, 4) is 11.1 Å². The molecule has 3 aliphatic carbocycles. The van der Waals surface area contributed by atoms with Crippen molar-refractivity contribution in [1.29, 1.82) is 0 Å². The molecule has 2 N–H and O–H groups in total. The molecule has 43 heavy (non-hydrogen) atoms. The minimum absolute atomic E-state index is 0.0548. The van der Waals surface area contributed by atoms with Crippen molar-refractivity contribution in [3.63, 3.8) is 0 Å². The topological polar surface area (TPSA) is 39.7 Å². The average molecular weight is 559 g/mol. The molecule has 3 aliphatic heterocycles. The lowest BCUT2D eigenvalue weighted by molar-refractivity contribution is 0.521. The summed E-state index contributed by atoms with van der Waals surface area (Å²) in [6, 6.07) is 28.7. The predicted molar refractivity (Wildman–Crippen MR) is 176 cm³/mol. The van der Waals surface area contributed by atoms with E-state index >= 15 is 0 Å². The van der Waals surface area contributed by atoms with Gasteiger partial charge in [0.2, 0.25) is 0 Å². The zero-order valence-corrected chi connectivity index (χ0v) is 24.1. The summed E-state index contributed by atoms with van der Waals surface area (Å²) >= 11 is 0. The summed E-state index contributed by atoms with van der Waals surface area (Å²) < 4.78 is 0. The van der Waals surface area contributed by atoms with Crippen LogP contribution in [0.3, 0.4) is 0 Å². The van der Waals surface area contributed by atoms with Gasteiger partial charge in [0.1, 0.15) is 6.17 Å². The quantitative estimate of drug-likeness (QED) is 0.342. The van der Waals surface area contributed by atoms with Gasteiger partial charge in [-0.05, 0) is 72.1 Å². The second kappa shape index (κ2) is 9.88. The molecule has 210 valence electrons. The first-order chi connectivity index (χ1) is 21.3. The second-order valence-electron chi connectivity index (χ2n) is 12.2. The van der Waals surface area contributed by atoms with E-state index in [1.165, 1.54) is 61.9 Å². The highest BCUT2D eigenvalue weighted by atomic mass is 15.4. The summed E-state index contributed by atoms with van der Waals surface area (Å²) in [4.78, 5) is 7.84. The first kappa shape index (κ1) is 24.7. The highest BCUT2D eigenvalue weighted by Crippen LogP contribution is 2.50. The number of aliphatic imine (C=N–C) groups is 1. The van der Waals surface area contributed by atoms with E-state index < -0.39 is 0 Å². The third kappa shape index (κ3) is 3.93. The Balaban J connectivity index is 1.08. The molecule has 6 aliphatic rings. The first-order valence-corrected chi connectivity index (χ1v) is 15.7. The molecule has 0 aromatic heterocycles. The van der Waals surface area contributed by atoms with Crippen LogP contribution in [0.1, 0.15) is 43.2 Å². The zero-order chi connectivity index (χ0) is 28.3. The van der Waals surface area contributed by atoms with Crippen molar-refractivity contribution < 1.29 is 0 Å². The highest BCUT2D eigenvalue weighted by Gasteiger charge is 2.41. The summed E-state index contributed by atoms with van der Waals surface area (Å²) in [5.74, 6) is 0.311. The van der Waals surface area contributed by atoms with Gasteiger partial charge in [0.15, 0.2) is 0 Å². The molecule has 9 rings (SSSR count). The molecule has 1 fully saturated rings. The molecule has 3 heterocycles. The molecule has 4 heteroatoms. The van der Waals surface area contributed by atoms with Crippen molar-refractivity contribution in [2.24, 2.45) is 10.9 Å². The fourth-order valence-corrected chi connectivity index (χ4v) is 7.75. The molecular formula is C39H34N4. The number of hydrogen-bond donors (Lipinski definition) is 2. The standard InChI is InChI=1S/C39H34N4/c1-2-11-25(12-3-1)36-37(41-33-18-8-7-17-32(33)40-36)26-21-23-27(24-22-26)39-42-34-19-10-16-31-29-14-5-4-13-28(29)30-15-6-9-20-35(30)43(39)38(31)34/h1-6,8-9,11-15,18-21,23-24,26,37,39,41-42H,7,10,16-17,22H2. The van der Waals surface area contributed by atoms with Crippen molar-refractivity contribution >= 4 is 17.0 Å². The van der Waals surface area contributed by atoms with Gasteiger partial charge in [0, 0.05) is 11.5 Å². The van der Waals surface area contributed by atoms with E-state index in [2.05, 4.69) is 131 Å². The van der Waals surface area contributed by atoms with Crippen LogP contribution in [0.2, 0.25) is 0 Å². The summed E-state index contributed by atoms with van der Waals surface area (Å²) in [7, 11) is 0. The molecule has 0 saturated carbocycles. The molecule has 0 bridgehead atoms. The maximum atomic E-state index is 5.27. The van der Waals surface area contributed by atoms with E-state index in [1.807, 2.05) is 0 Å². The minimum atomic E-state index is 0.0548. The van der Waals surface area contributed by atoms with Crippen LogP contribution in [0, 0.1) is 5.92 Å². The van der Waals surface area contributed by atoms with Gasteiger partial charge in [0.05, 0.1) is 40.2 Å². The first-order valence-electron chi connectivity index (χ1n) is 15.7. The second-order valence-corrected chi connectivity index (χ2v) is 12.2. The summed E-state index contributed by atoms with van der Waals surface area (Å²) in [5, 5.41) is 7.86. The Hall–Kier alpha value is -4.83. The number of anilines is 1. The fraction of sp³-hybridized carbons (Fsp3) is 0.205. The highest BCUT2D eigenvalue weighted by molar-refractivity contribution is 6.06. The van der Waals surface area contributed by atoms with Gasteiger partial charge < -0.3 is 15.5 Å². The van der Waals surface area contributed by atoms with Crippen molar-refractivity contribution in [3.05, 3.63) is 155 Å². The van der Waals surface area contributed by atoms with Crippen LogP contribution in [0.4, 0.5) is 5.69 Å². The van der Waals surface area contributed by atoms with Crippen LogP contribution in [0.5, 0.6) is 0 Å². The minimum Gasteiger partial charge on any atom is -0.375 e. The smallest absolute Gasteiger partial charge is 0.130 e. The van der Waals surface area contributed by atoms with Crippen LogP contribution < -0.4 is 15.5 Å². The normalized spacial score (nSPS) is 24.9. The predicted octanol–water partition coefficient (Wildman–Crippen LogP) is 8.02. The number of para-hydroxylation sites is 1. The molecule has 4 nitrogen and oxygen atoms in total. The Labute approximate surface area is 253 Å². The average Bonchev–Trinajstić information content (AvgIpc) is 3.42. The summed E-state index contributed by atoms with van der Waals surface area (Å²) in [6.45, 7) is 0. The van der Waals surface area contributed by atoms with Gasteiger partial charge in [-0.25, -0.2) is 0 Å². The number of rotatable bonds is 3. The van der Waals surface area contributed by atoms with Crippen molar-refractivity contribution in [2.75, 3.05) is 4.90 Å². The van der Waals surface area contributed by atoms with E-state index in [9.17, 15) is 0 Å². The SMILES string of the molecule is C1=CC2=C(CC1)N=C(c1ccccc1)C(C1C=CC(C3NC4=CCCC5=C4N3c3ccccc3-c3ccccc35)=CC1)N2. The Morgan fingerprint density at radius 1 is 0.744 bits per heavy atom. The monoisotopic (exact) mass is 558 g/mol. The molecule has 3 unspecified atom stereocenters. The van der Waals surface area contributed by atoms with Crippen LogP contribution in [0.15, 0.2) is 149 Å². The number of benzene rings is 3. The van der Waals surface area contributed by atoms with E-state index in [-0.39, 0.29) is 12.2 Å². The Bertz CT molecular complexity index is 1870. The van der Waals surface area contributed by atoms with Crippen molar-refractivity contribution in [1.82, 2.24) is 10.6 Å². The van der Waals surface area contributed by atoms with Gasteiger partial charge in [0.25, 0.3) is 0 Å². The largest absolute Gasteiger partial charge is 0.375 e. The number of allylic oxidation sites excluding steroid dienone is 6. The van der Waals surface area contributed by atoms with E-state index in [0.717, 1.165) is 37.8 Å². The Morgan fingerprint density at radius 2 is 1.56 bits per heavy atom. The van der Waals surface area contributed by atoms with E-state index in [0.29, 0.717) is 5.92 Å². The van der Waals surface area contributed by atoms with Gasteiger partial charge in [-0.1, -0.05) is 103 Å². The van der Waals surface area contributed by atoms with Gasteiger partial charge in [-0.15, -0.1) is 0 Å². The maximum Gasteiger partial charge on any atom is 0.130 e. The van der Waals surface area contributed by atoms with Gasteiger partial charge >= 0.3 is 0 Å². The molecule has 3 aromatic carbocycles. The van der Waals surface area contributed by atoms with Crippen LogP contribution in [-0.4, -0.2) is 17.9 Å². The Morgan fingerprint density at radius 3 is 2.42 bits per heavy atom. The molecule has 0 spiro atoms. The molecule has 0 amide bonds. The molecule has 0 radical (unpaired) electrons. The van der Waals surface area contributed by atoms with Gasteiger partial charge in [-0.3, -0.25) is 4.99 Å². The number of nitrogens with zero attached hydrogens (tertiary/aromatic N) is 2.